The van der Waals surface area contributed by atoms with Gasteiger partial charge in [-0.05, 0) is 30.8 Å². The lowest BCUT2D eigenvalue weighted by Gasteiger charge is -2.46. The fourth-order valence-corrected chi connectivity index (χ4v) is 2.97. The van der Waals surface area contributed by atoms with Crippen LogP contribution >= 0.6 is 0 Å². The lowest BCUT2D eigenvalue weighted by molar-refractivity contribution is 0.169. The summed E-state index contributed by atoms with van der Waals surface area (Å²) in [6, 6.07) is 1.08. The van der Waals surface area contributed by atoms with E-state index in [1.54, 1.807) is 0 Å². The molecule has 0 amide bonds. The van der Waals surface area contributed by atoms with Crippen LogP contribution in [0.5, 0.6) is 0 Å². The minimum atomic E-state index is 0.526. The summed E-state index contributed by atoms with van der Waals surface area (Å²) in [7, 11) is 0. The summed E-state index contributed by atoms with van der Waals surface area (Å²) in [5, 5.41) is 0. The van der Waals surface area contributed by atoms with Gasteiger partial charge in [-0.1, -0.05) is 51.5 Å². The molecule has 0 radical (unpaired) electrons. The monoisotopic (exact) mass is 231 g/mol. The third-order valence-corrected chi connectivity index (χ3v) is 4.43. The Hall–Kier alpha value is -0.980. The van der Waals surface area contributed by atoms with Crippen LogP contribution in [0.3, 0.4) is 0 Å². The molecule has 0 fully saturated rings. The molecule has 2 bridgehead atoms. The van der Waals surface area contributed by atoms with Gasteiger partial charge in [0.05, 0.1) is 12.1 Å². The summed E-state index contributed by atoms with van der Waals surface area (Å²) in [5.41, 5.74) is 2.79. The van der Waals surface area contributed by atoms with Crippen molar-refractivity contribution < 1.29 is 0 Å². The fourth-order valence-electron chi connectivity index (χ4n) is 2.97. The van der Waals surface area contributed by atoms with Crippen LogP contribution in [0.25, 0.3) is 0 Å². The molecule has 0 saturated carbocycles. The summed E-state index contributed by atoms with van der Waals surface area (Å²) in [6.07, 6.45) is 9.57. The first-order chi connectivity index (χ1) is 8.04. The first-order valence-corrected chi connectivity index (χ1v) is 6.87. The topological polar surface area (TPSA) is 3.24 Å². The van der Waals surface area contributed by atoms with E-state index in [4.69, 9.17) is 0 Å². The van der Waals surface area contributed by atoms with Crippen LogP contribution in [0.15, 0.2) is 36.1 Å². The van der Waals surface area contributed by atoms with Gasteiger partial charge in [-0.25, -0.2) is 0 Å². The number of hydrogen-bond acceptors (Lipinski definition) is 1. The standard InChI is InChI=1S/C16H25N/c1-6-12(4)15-8-7-14-10-17(15)16(11(2)3)9-13(14)5/h7-8,10,12-13,15-16H,2,6,9H2,1,3-5H3. The molecule has 17 heavy (non-hydrogen) atoms. The first kappa shape index (κ1) is 12.5. The van der Waals surface area contributed by atoms with Gasteiger partial charge in [0.1, 0.15) is 0 Å². The van der Waals surface area contributed by atoms with Crippen molar-refractivity contribution in [3.63, 3.8) is 0 Å². The highest BCUT2D eigenvalue weighted by Crippen LogP contribution is 2.37. The molecule has 1 nitrogen and oxygen atoms in total. The van der Waals surface area contributed by atoms with Crippen LogP contribution in [-0.4, -0.2) is 17.0 Å². The van der Waals surface area contributed by atoms with Crippen molar-refractivity contribution in [2.24, 2.45) is 11.8 Å². The zero-order valence-electron chi connectivity index (χ0n) is 11.6. The fraction of sp³-hybridized carbons (Fsp3) is 0.625. The summed E-state index contributed by atoms with van der Waals surface area (Å²) < 4.78 is 0. The van der Waals surface area contributed by atoms with Gasteiger partial charge in [0.15, 0.2) is 0 Å². The van der Waals surface area contributed by atoms with Crippen LogP contribution < -0.4 is 0 Å². The van der Waals surface area contributed by atoms with Gasteiger partial charge in [-0.15, -0.1) is 0 Å². The molecule has 1 heteroatoms. The second kappa shape index (κ2) is 4.72. The van der Waals surface area contributed by atoms with Gasteiger partial charge in [0.2, 0.25) is 0 Å². The van der Waals surface area contributed by atoms with E-state index in [0.29, 0.717) is 23.9 Å². The lowest BCUT2D eigenvalue weighted by Crippen LogP contribution is -2.47. The molecule has 0 spiro atoms. The number of nitrogens with zero attached hydrogens (tertiary/aromatic N) is 1. The third-order valence-electron chi connectivity index (χ3n) is 4.43. The average molecular weight is 231 g/mol. The molecule has 2 heterocycles. The van der Waals surface area contributed by atoms with Crippen LogP contribution in [0.1, 0.15) is 40.5 Å². The Balaban J connectivity index is 2.29. The molecule has 2 rings (SSSR count). The molecular formula is C16H25N. The predicted molar refractivity (Wildman–Crippen MR) is 74.7 cm³/mol. The normalized spacial score (nSPS) is 33.3. The van der Waals surface area contributed by atoms with Crippen molar-refractivity contribution in [2.75, 3.05) is 0 Å². The molecule has 2 aliphatic heterocycles. The minimum Gasteiger partial charge on any atom is -0.364 e. The molecule has 0 aliphatic carbocycles. The van der Waals surface area contributed by atoms with Crippen LogP contribution in [0, 0.1) is 11.8 Å². The van der Waals surface area contributed by atoms with Gasteiger partial charge in [0.25, 0.3) is 0 Å². The maximum Gasteiger partial charge on any atom is 0.0503 e. The molecule has 0 saturated heterocycles. The van der Waals surface area contributed by atoms with Crippen molar-refractivity contribution in [1.82, 2.24) is 4.90 Å². The van der Waals surface area contributed by atoms with E-state index in [-0.39, 0.29) is 0 Å². The van der Waals surface area contributed by atoms with Gasteiger partial charge in [0, 0.05) is 6.20 Å². The second-order valence-electron chi connectivity index (χ2n) is 5.81. The predicted octanol–water partition coefficient (Wildman–Crippen LogP) is 4.14. The summed E-state index contributed by atoms with van der Waals surface area (Å²) >= 11 is 0. The zero-order valence-corrected chi connectivity index (χ0v) is 11.6. The van der Waals surface area contributed by atoms with E-state index in [2.05, 4.69) is 57.5 Å². The van der Waals surface area contributed by atoms with E-state index in [0.717, 1.165) is 0 Å². The number of rotatable bonds is 3. The van der Waals surface area contributed by atoms with Crippen molar-refractivity contribution >= 4 is 0 Å². The molecule has 4 unspecified atom stereocenters. The maximum atomic E-state index is 4.19. The van der Waals surface area contributed by atoms with Gasteiger partial charge >= 0.3 is 0 Å². The SMILES string of the molecule is C=C(C)C1CC(C)C2=CN1C(C(C)CC)C=C2. The zero-order chi connectivity index (χ0) is 12.6. The highest BCUT2D eigenvalue weighted by molar-refractivity contribution is 5.32. The Morgan fingerprint density at radius 2 is 2.29 bits per heavy atom. The van der Waals surface area contributed by atoms with E-state index in [1.807, 2.05) is 0 Å². The molecule has 2 aliphatic rings. The van der Waals surface area contributed by atoms with Crippen LogP contribution in [-0.2, 0) is 0 Å². The largest absolute Gasteiger partial charge is 0.364 e. The summed E-state index contributed by atoms with van der Waals surface area (Å²) in [6.45, 7) is 13.3. The quantitative estimate of drug-likeness (QED) is 0.660. The van der Waals surface area contributed by atoms with Gasteiger partial charge < -0.3 is 4.90 Å². The Kier molecular flexibility index (Phi) is 3.46. The Morgan fingerprint density at radius 1 is 1.59 bits per heavy atom. The molecule has 0 aromatic carbocycles. The highest BCUT2D eigenvalue weighted by atomic mass is 15.2. The summed E-state index contributed by atoms with van der Waals surface area (Å²) in [5.74, 6) is 1.38. The van der Waals surface area contributed by atoms with Crippen LogP contribution in [0.2, 0.25) is 0 Å². The lowest BCUT2D eigenvalue weighted by atomic mass is 9.81. The van der Waals surface area contributed by atoms with E-state index in [9.17, 15) is 0 Å². The number of hydrogen-bond donors (Lipinski definition) is 0. The van der Waals surface area contributed by atoms with Crippen molar-refractivity contribution in [3.8, 4) is 0 Å². The van der Waals surface area contributed by atoms with Crippen molar-refractivity contribution in [3.05, 3.63) is 36.1 Å². The Bertz CT molecular complexity index is 364. The second-order valence-corrected chi connectivity index (χ2v) is 5.81. The Labute approximate surface area is 106 Å². The first-order valence-electron chi connectivity index (χ1n) is 6.87. The summed E-state index contributed by atoms with van der Waals surface area (Å²) in [4.78, 5) is 2.55. The number of allylic oxidation sites excluding steroid dienone is 2. The van der Waals surface area contributed by atoms with Gasteiger partial charge in [-0.2, -0.15) is 0 Å². The Morgan fingerprint density at radius 3 is 2.88 bits per heavy atom. The number of fused-ring (bicyclic) bond motifs is 1. The molecule has 0 aromatic rings. The maximum absolute atomic E-state index is 4.19. The van der Waals surface area contributed by atoms with Crippen molar-refractivity contribution in [1.29, 1.82) is 0 Å². The molecule has 0 N–H and O–H groups in total. The minimum absolute atomic E-state index is 0.526. The average Bonchev–Trinajstić information content (AvgIpc) is 2.32. The third kappa shape index (κ3) is 2.20. The molecule has 0 aromatic heterocycles. The van der Waals surface area contributed by atoms with Gasteiger partial charge in [-0.3, -0.25) is 0 Å². The molecule has 4 atom stereocenters. The van der Waals surface area contributed by atoms with E-state index >= 15 is 0 Å². The van der Waals surface area contributed by atoms with Crippen molar-refractivity contribution in [2.45, 2.75) is 52.6 Å². The smallest absolute Gasteiger partial charge is 0.0503 e. The molecular weight excluding hydrogens is 206 g/mol. The van der Waals surface area contributed by atoms with E-state index < -0.39 is 0 Å². The highest BCUT2D eigenvalue weighted by Gasteiger charge is 2.34. The van der Waals surface area contributed by atoms with Crippen LogP contribution in [0.4, 0.5) is 0 Å². The van der Waals surface area contributed by atoms with E-state index in [1.165, 1.54) is 24.0 Å². The molecule has 94 valence electrons.